The largest absolute Gasteiger partial charge is 0.420 e. The third kappa shape index (κ3) is 5.97. The van der Waals surface area contributed by atoms with Crippen LogP contribution in [0.4, 0.5) is 39.8 Å². The minimum atomic E-state index is -4.89. The van der Waals surface area contributed by atoms with Crippen LogP contribution in [0.3, 0.4) is 0 Å². The number of urea groups is 2. The van der Waals surface area contributed by atoms with Crippen molar-refractivity contribution in [1.82, 2.24) is 34.7 Å². The zero-order valence-corrected chi connectivity index (χ0v) is 21.8. The summed E-state index contributed by atoms with van der Waals surface area (Å²) in [6, 6.07) is 0.643. The van der Waals surface area contributed by atoms with Crippen LogP contribution in [0.5, 0.6) is 0 Å². The van der Waals surface area contributed by atoms with Gasteiger partial charge < -0.3 is 26.0 Å². The van der Waals surface area contributed by atoms with Crippen molar-refractivity contribution in [3.8, 4) is 5.82 Å². The van der Waals surface area contributed by atoms with E-state index in [0.29, 0.717) is 17.4 Å². The minimum absolute atomic E-state index is 0.0438. The van der Waals surface area contributed by atoms with E-state index < -0.39 is 35.7 Å². The fourth-order valence-corrected chi connectivity index (χ4v) is 3.81. The van der Waals surface area contributed by atoms with Gasteiger partial charge in [-0.1, -0.05) is 23.2 Å². The summed E-state index contributed by atoms with van der Waals surface area (Å²) in [6.45, 7) is 1.70. The van der Waals surface area contributed by atoms with E-state index >= 15 is 0 Å². The average molecular weight is 587 g/mol. The van der Waals surface area contributed by atoms with Gasteiger partial charge >= 0.3 is 18.2 Å². The van der Waals surface area contributed by atoms with Crippen LogP contribution in [0.2, 0.25) is 10.3 Å². The van der Waals surface area contributed by atoms with Crippen molar-refractivity contribution in [2.24, 2.45) is 0 Å². The standard InChI is InChI=1S/C21H19Cl2F3N10O3/c1-9(39-3)16-12(7-28-15-5-14(22)33-36(15)16)31-20(38)30-10-4-11(21(24,25)26)18(29-6-10)35-8-13(17(23)34-35)32-19(37)27-2/h4-9H,1-3H3,(H2,27,32,37)(H2,30,31,38)/t9-/m0/s1. The first-order chi connectivity index (χ1) is 18.4. The molecule has 4 rings (SSSR count). The van der Waals surface area contributed by atoms with Crippen LogP contribution in [0.25, 0.3) is 11.5 Å². The highest BCUT2D eigenvalue weighted by Gasteiger charge is 2.36. The first-order valence-electron chi connectivity index (χ1n) is 10.9. The van der Waals surface area contributed by atoms with Crippen LogP contribution >= 0.6 is 23.2 Å². The van der Waals surface area contributed by atoms with Crippen molar-refractivity contribution in [2.75, 3.05) is 30.1 Å². The fraction of sp³-hybridized carbons (Fsp3) is 0.238. The van der Waals surface area contributed by atoms with Gasteiger partial charge in [0, 0.05) is 20.2 Å². The first-order valence-corrected chi connectivity index (χ1v) is 11.6. The number of hydrogen-bond donors (Lipinski definition) is 4. The number of alkyl halides is 3. The Hall–Kier alpha value is -4.15. The van der Waals surface area contributed by atoms with Crippen LogP contribution in [0.1, 0.15) is 24.3 Å². The number of pyridine rings is 1. The van der Waals surface area contributed by atoms with E-state index in [1.807, 2.05) is 0 Å². The Morgan fingerprint density at radius 2 is 1.74 bits per heavy atom. The number of carbonyl (C=O) groups is 2. The lowest BCUT2D eigenvalue weighted by Gasteiger charge is -2.17. The second kappa shape index (κ2) is 10.9. The molecular weight excluding hydrogens is 568 g/mol. The van der Waals surface area contributed by atoms with E-state index in [-0.39, 0.29) is 27.4 Å². The van der Waals surface area contributed by atoms with Crippen molar-refractivity contribution >= 4 is 58.0 Å². The summed E-state index contributed by atoms with van der Waals surface area (Å²) in [5.74, 6) is -0.637. The number of halogens is 5. The van der Waals surface area contributed by atoms with E-state index in [1.165, 1.54) is 30.9 Å². The fourth-order valence-electron chi connectivity index (χ4n) is 3.45. The number of aromatic nitrogens is 6. The molecule has 0 spiro atoms. The van der Waals surface area contributed by atoms with Crippen molar-refractivity contribution in [3.05, 3.63) is 52.3 Å². The number of carbonyl (C=O) groups excluding carboxylic acids is 2. The number of anilines is 3. The highest BCUT2D eigenvalue weighted by molar-refractivity contribution is 6.32. The molecule has 206 valence electrons. The summed E-state index contributed by atoms with van der Waals surface area (Å²) in [4.78, 5) is 32.3. The maximum atomic E-state index is 13.9. The molecule has 0 saturated heterocycles. The van der Waals surface area contributed by atoms with E-state index in [9.17, 15) is 22.8 Å². The lowest BCUT2D eigenvalue weighted by atomic mass is 10.2. The third-order valence-electron chi connectivity index (χ3n) is 5.27. The number of rotatable bonds is 6. The Balaban J connectivity index is 1.62. The number of nitrogens with zero attached hydrogens (tertiary/aromatic N) is 6. The molecule has 4 aromatic heterocycles. The molecule has 0 bridgehead atoms. The predicted molar refractivity (Wildman–Crippen MR) is 136 cm³/mol. The van der Waals surface area contributed by atoms with Gasteiger partial charge in [-0.15, -0.1) is 0 Å². The van der Waals surface area contributed by atoms with Gasteiger partial charge in [-0.05, 0) is 13.0 Å². The first kappa shape index (κ1) is 27.9. The average Bonchev–Trinajstić information content (AvgIpc) is 3.43. The molecule has 13 nitrogen and oxygen atoms in total. The minimum Gasteiger partial charge on any atom is -0.375 e. The molecule has 4 N–H and O–H groups in total. The van der Waals surface area contributed by atoms with Crippen LogP contribution in [-0.4, -0.2) is 55.6 Å². The quantitative estimate of drug-likeness (QED) is 0.254. The number of nitrogens with one attached hydrogen (secondary N) is 4. The van der Waals surface area contributed by atoms with Crippen LogP contribution in [-0.2, 0) is 10.9 Å². The molecule has 0 aromatic carbocycles. The summed E-state index contributed by atoms with van der Waals surface area (Å²) in [7, 11) is 2.79. The van der Waals surface area contributed by atoms with Gasteiger partial charge in [-0.3, -0.25) is 0 Å². The molecule has 0 aliphatic carbocycles. The predicted octanol–water partition coefficient (Wildman–Crippen LogP) is 4.74. The normalized spacial score (nSPS) is 12.3. The highest BCUT2D eigenvalue weighted by atomic mass is 35.5. The van der Waals surface area contributed by atoms with E-state index in [2.05, 4.69) is 41.4 Å². The molecule has 0 saturated carbocycles. The third-order valence-corrected chi connectivity index (χ3v) is 5.73. The molecule has 4 amide bonds. The molecule has 0 radical (unpaired) electrons. The zero-order chi connectivity index (χ0) is 28.5. The lowest BCUT2D eigenvalue weighted by Crippen LogP contribution is -2.24. The Labute approximate surface area is 227 Å². The van der Waals surface area contributed by atoms with Crippen molar-refractivity contribution in [3.63, 3.8) is 0 Å². The summed E-state index contributed by atoms with van der Waals surface area (Å²) in [5, 5.41) is 17.3. The maximum Gasteiger partial charge on any atom is 0.420 e. The molecule has 0 aliphatic rings. The van der Waals surface area contributed by atoms with Crippen LogP contribution in [0, 0.1) is 0 Å². The summed E-state index contributed by atoms with van der Waals surface area (Å²) < 4.78 is 49.3. The number of fused-ring (bicyclic) bond motifs is 1. The Morgan fingerprint density at radius 3 is 2.41 bits per heavy atom. The zero-order valence-electron chi connectivity index (χ0n) is 20.3. The Morgan fingerprint density at radius 1 is 1.03 bits per heavy atom. The van der Waals surface area contributed by atoms with Gasteiger partial charge in [0.25, 0.3) is 0 Å². The molecule has 4 aromatic rings. The Kier molecular flexibility index (Phi) is 7.80. The van der Waals surface area contributed by atoms with Crippen molar-refractivity contribution in [2.45, 2.75) is 19.2 Å². The maximum absolute atomic E-state index is 13.9. The van der Waals surface area contributed by atoms with Crippen LogP contribution in [0.15, 0.2) is 30.7 Å². The summed E-state index contributed by atoms with van der Waals surface area (Å²) >= 11 is 11.9. The second-order valence-corrected chi connectivity index (χ2v) is 8.57. The highest BCUT2D eigenvalue weighted by Crippen LogP contribution is 2.35. The molecule has 0 fully saturated rings. The van der Waals surface area contributed by atoms with E-state index in [0.717, 1.165) is 17.1 Å². The molecule has 4 heterocycles. The van der Waals surface area contributed by atoms with Gasteiger partial charge in [-0.2, -0.15) is 23.4 Å². The number of methoxy groups -OCH3 is 1. The SMILES string of the molecule is CNC(=O)Nc1cn(-c2ncc(NC(=O)Nc3cnc4cc(Cl)nn4c3[C@H](C)OC)cc2C(F)(F)F)nc1Cl. The smallest absolute Gasteiger partial charge is 0.375 e. The van der Waals surface area contributed by atoms with E-state index in [1.54, 1.807) is 6.92 Å². The summed E-state index contributed by atoms with van der Waals surface area (Å²) in [5.41, 5.74) is -0.579. The number of amides is 4. The molecule has 0 unspecified atom stereocenters. The van der Waals surface area contributed by atoms with Crippen molar-refractivity contribution in [1.29, 1.82) is 0 Å². The van der Waals surface area contributed by atoms with Gasteiger partial charge in [-0.25, -0.2) is 28.8 Å². The molecule has 0 aliphatic heterocycles. The summed E-state index contributed by atoms with van der Waals surface area (Å²) in [6.07, 6.45) is -2.05. The second-order valence-electron chi connectivity index (χ2n) is 7.83. The molecular formula is C21H19Cl2F3N10O3. The topological polar surface area (TPSA) is 152 Å². The monoisotopic (exact) mass is 586 g/mol. The van der Waals surface area contributed by atoms with E-state index in [4.69, 9.17) is 27.9 Å². The molecule has 39 heavy (non-hydrogen) atoms. The van der Waals surface area contributed by atoms with Gasteiger partial charge in [0.05, 0.1) is 41.8 Å². The number of hydrogen-bond acceptors (Lipinski definition) is 7. The van der Waals surface area contributed by atoms with Crippen LogP contribution < -0.4 is 21.3 Å². The van der Waals surface area contributed by atoms with Gasteiger partial charge in [0.2, 0.25) is 0 Å². The van der Waals surface area contributed by atoms with Gasteiger partial charge in [0.1, 0.15) is 11.3 Å². The Bertz CT molecular complexity index is 1560. The molecule has 18 heteroatoms. The number of ether oxygens (including phenoxy) is 1. The van der Waals surface area contributed by atoms with Gasteiger partial charge in [0.15, 0.2) is 21.8 Å². The lowest BCUT2D eigenvalue weighted by molar-refractivity contribution is -0.137. The van der Waals surface area contributed by atoms with Crippen molar-refractivity contribution < 1.29 is 27.5 Å². The molecule has 1 atom stereocenters.